The molecule has 0 spiro atoms. The first-order chi connectivity index (χ1) is 13.9. The molecule has 0 bridgehead atoms. The molecule has 0 saturated heterocycles. The third-order valence-electron chi connectivity index (χ3n) is 4.17. The lowest BCUT2D eigenvalue weighted by molar-refractivity contribution is -0.143. The van der Waals surface area contributed by atoms with Crippen molar-refractivity contribution in [1.29, 1.82) is 5.26 Å². The predicted octanol–water partition coefficient (Wildman–Crippen LogP) is 2.55. The van der Waals surface area contributed by atoms with Gasteiger partial charge in [-0.05, 0) is 26.3 Å². The smallest absolute Gasteiger partial charge is 0.342 e. The third-order valence-corrected chi connectivity index (χ3v) is 4.17. The lowest BCUT2D eigenvalue weighted by Crippen LogP contribution is -2.23. The minimum absolute atomic E-state index is 0.0481. The lowest BCUT2D eigenvalue weighted by atomic mass is 9.89. The fourth-order valence-corrected chi connectivity index (χ4v) is 2.89. The number of esters is 2. The number of pyridine rings is 1. The monoisotopic (exact) mass is 395 g/mol. The van der Waals surface area contributed by atoms with Crippen molar-refractivity contribution >= 4 is 23.5 Å². The maximum absolute atomic E-state index is 13.2. The van der Waals surface area contributed by atoms with Crippen molar-refractivity contribution in [3.8, 4) is 6.07 Å². The van der Waals surface area contributed by atoms with Gasteiger partial charge < -0.3 is 15.2 Å². The molecule has 0 saturated carbocycles. The molecule has 1 aromatic carbocycles. The van der Waals surface area contributed by atoms with Gasteiger partial charge >= 0.3 is 11.9 Å². The Balaban J connectivity index is 2.79. The number of aromatic nitrogens is 1. The molecule has 0 aliphatic carbocycles. The number of nitriles is 1. The highest BCUT2D eigenvalue weighted by Gasteiger charge is 2.33. The molecule has 2 aromatic rings. The van der Waals surface area contributed by atoms with Crippen LogP contribution < -0.4 is 5.73 Å². The summed E-state index contributed by atoms with van der Waals surface area (Å²) in [6.45, 7) is 4.88. The number of ketones is 1. The number of carbonyl (C=O) groups excluding carboxylic acids is 3. The first kappa shape index (κ1) is 21.6. The molecule has 2 rings (SSSR count). The molecule has 0 radical (unpaired) electrons. The van der Waals surface area contributed by atoms with Gasteiger partial charge in [-0.3, -0.25) is 9.59 Å². The van der Waals surface area contributed by atoms with E-state index in [4.69, 9.17) is 15.2 Å². The molecule has 29 heavy (non-hydrogen) atoms. The average Bonchev–Trinajstić information content (AvgIpc) is 2.69. The van der Waals surface area contributed by atoms with E-state index in [0.29, 0.717) is 5.56 Å². The molecule has 0 aliphatic rings. The van der Waals surface area contributed by atoms with Crippen LogP contribution in [0.3, 0.4) is 0 Å². The van der Waals surface area contributed by atoms with Gasteiger partial charge in [-0.1, -0.05) is 30.3 Å². The van der Waals surface area contributed by atoms with Gasteiger partial charge in [-0.2, -0.15) is 5.26 Å². The SMILES string of the molecule is CCOC(=O)c1c(N)nc(C(C#N)C(=O)OCC)c(C(=O)c2ccccc2)c1C. The Labute approximate surface area is 168 Å². The van der Waals surface area contributed by atoms with Crippen molar-refractivity contribution in [2.75, 3.05) is 18.9 Å². The van der Waals surface area contributed by atoms with Gasteiger partial charge in [-0.15, -0.1) is 0 Å². The molecule has 1 aromatic heterocycles. The summed E-state index contributed by atoms with van der Waals surface area (Å²) >= 11 is 0. The van der Waals surface area contributed by atoms with Gasteiger partial charge in [0.25, 0.3) is 0 Å². The van der Waals surface area contributed by atoms with E-state index < -0.39 is 23.6 Å². The van der Waals surface area contributed by atoms with Crippen molar-refractivity contribution in [3.63, 3.8) is 0 Å². The van der Waals surface area contributed by atoms with Crippen LogP contribution in [0.4, 0.5) is 5.82 Å². The second kappa shape index (κ2) is 9.46. The highest BCUT2D eigenvalue weighted by atomic mass is 16.5. The molecule has 8 nitrogen and oxygen atoms in total. The highest BCUT2D eigenvalue weighted by Crippen LogP contribution is 2.30. The Hall–Kier alpha value is -3.73. The van der Waals surface area contributed by atoms with Crippen LogP contribution in [0.1, 0.15) is 57.3 Å². The van der Waals surface area contributed by atoms with Crippen LogP contribution in [0, 0.1) is 18.3 Å². The van der Waals surface area contributed by atoms with Gasteiger partial charge in [0, 0.05) is 5.56 Å². The lowest BCUT2D eigenvalue weighted by Gasteiger charge is -2.18. The summed E-state index contributed by atoms with van der Waals surface area (Å²) in [5.74, 6) is -3.80. The molecule has 1 atom stereocenters. The standard InChI is InChI=1S/C21H21N3O5/c1-4-28-20(26)14(11-22)17-15(18(25)13-9-7-6-8-10-13)12(3)16(19(23)24-17)21(27)29-5-2/h6-10,14H,4-5H2,1-3H3,(H2,23,24). The van der Waals surface area contributed by atoms with E-state index in [9.17, 15) is 19.6 Å². The molecular formula is C21H21N3O5. The maximum atomic E-state index is 13.2. The zero-order valence-corrected chi connectivity index (χ0v) is 16.4. The Morgan fingerprint density at radius 3 is 2.28 bits per heavy atom. The highest BCUT2D eigenvalue weighted by molar-refractivity contribution is 6.13. The molecule has 1 unspecified atom stereocenters. The molecule has 2 N–H and O–H groups in total. The number of rotatable bonds is 7. The fraction of sp³-hybridized carbons (Fsp3) is 0.286. The Morgan fingerprint density at radius 1 is 1.10 bits per heavy atom. The van der Waals surface area contributed by atoms with Gasteiger partial charge in [0.1, 0.15) is 11.4 Å². The predicted molar refractivity (Wildman–Crippen MR) is 104 cm³/mol. The zero-order valence-electron chi connectivity index (χ0n) is 16.4. The summed E-state index contributed by atoms with van der Waals surface area (Å²) in [6.07, 6.45) is 0. The quantitative estimate of drug-likeness (QED) is 0.559. The second-order valence-corrected chi connectivity index (χ2v) is 5.99. The van der Waals surface area contributed by atoms with Crippen LogP contribution >= 0.6 is 0 Å². The molecule has 0 aliphatic heterocycles. The Kier molecular flexibility index (Phi) is 7.04. The van der Waals surface area contributed by atoms with Crippen LogP contribution in [0.25, 0.3) is 0 Å². The van der Waals surface area contributed by atoms with E-state index in [2.05, 4.69) is 4.98 Å². The van der Waals surface area contributed by atoms with E-state index in [0.717, 1.165) is 0 Å². The summed E-state index contributed by atoms with van der Waals surface area (Å²) in [4.78, 5) is 42.0. The number of nitrogens with zero attached hydrogens (tertiary/aromatic N) is 2. The minimum Gasteiger partial charge on any atom is -0.465 e. The van der Waals surface area contributed by atoms with E-state index >= 15 is 0 Å². The minimum atomic E-state index is -1.48. The van der Waals surface area contributed by atoms with E-state index in [1.54, 1.807) is 44.2 Å². The topological polar surface area (TPSA) is 132 Å². The normalized spacial score (nSPS) is 11.2. The van der Waals surface area contributed by atoms with Crippen molar-refractivity contribution in [1.82, 2.24) is 4.98 Å². The maximum Gasteiger partial charge on any atom is 0.342 e. The molecule has 0 fully saturated rings. The van der Waals surface area contributed by atoms with Crippen molar-refractivity contribution in [2.24, 2.45) is 0 Å². The second-order valence-electron chi connectivity index (χ2n) is 5.99. The van der Waals surface area contributed by atoms with Crippen molar-refractivity contribution in [2.45, 2.75) is 26.7 Å². The fourth-order valence-electron chi connectivity index (χ4n) is 2.89. The summed E-state index contributed by atoms with van der Waals surface area (Å²) in [6, 6.07) is 10.1. The number of hydrogen-bond donors (Lipinski definition) is 1. The number of anilines is 1. The van der Waals surface area contributed by atoms with E-state index in [1.165, 1.54) is 6.92 Å². The van der Waals surface area contributed by atoms with Crippen molar-refractivity contribution in [3.05, 3.63) is 58.3 Å². The molecule has 1 heterocycles. The average molecular weight is 395 g/mol. The van der Waals surface area contributed by atoms with Crippen molar-refractivity contribution < 1.29 is 23.9 Å². The summed E-state index contributed by atoms with van der Waals surface area (Å²) in [7, 11) is 0. The zero-order chi connectivity index (χ0) is 21.6. The molecule has 0 amide bonds. The summed E-state index contributed by atoms with van der Waals surface area (Å²) < 4.78 is 9.96. The van der Waals surface area contributed by atoms with Crippen LogP contribution in [0.15, 0.2) is 30.3 Å². The number of hydrogen-bond acceptors (Lipinski definition) is 8. The number of nitrogen functional groups attached to an aromatic ring is 1. The van der Waals surface area contributed by atoms with E-state index in [-0.39, 0.29) is 41.4 Å². The van der Waals surface area contributed by atoms with Crippen LogP contribution in [0.2, 0.25) is 0 Å². The van der Waals surface area contributed by atoms with Crippen LogP contribution in [-0.2, 0) is 14.3 Å². The van der Waals surface area contributed by atoms with Crippen LogP contribution in [0.5, 0.6) is 0 Å². The number of carbonyl (C=O) groups is 3. The van der Waals surface area contributed by atoms with Crippen LogP contribution in [-0.4, -0.2) is 35.9 Å². The van der Waals surface area contributed by atoms with Gasteiger partial charge in [0.2, 0.25) is 0 Å². The first-order valence-electron chi connectivity index (χ1n) is 9.00. The molecule has 8 heteroatoms. The van der Waals surface area contributed by atoms with Gasteiger partial charge in [-0.25, -0.2) is 9.78 Å². The summed E-state index contributed by atoms with van der Waals surface area (Å²) in [5, 5.41) is 9.56. The Bertz CT molecular complexity index is 980. The Morgan fingerprint density at radius 2 is 1.72 bits per heavy atom. The molecule has 150 valence electrons. The summed E-state index contributed by atoms with van der Waals surface area (Å²) in [5.41, 5.74) is 6.16. The number of ether oxygens (including phenoxy) is 2. The van der Waals surface area contributed by atoms with E-state index in [1.807, 2.05) is 6.07 Å². The number of benzene rings is 1. The number of nitrogens with two attached hydrogens (primary N) is 1. The van der Waals surface area contributed by atoms with Gasteiger partial charge in [0.15, 0.2) is 11.7 Å². The largest absolute Gasteiger partial charge is 0.465 e. The molecular weight excluding hydrogens is 374 g/mol. The third kappa shape index (κ3) is 4.41. The van der Waals surface area contributed by atoms with Gasteiger partial charge in [0.05, 0.1) is 30.5 Å². The first-order valence-corrected chi connectivity index (χ1v) is 9.00.